The number of hydrogen-bond acceptors (Lipinski definition) is 3. The van der Waals surface area contributed by atoms with Crippen molar-refractivity contribution in [2.24, 2.45) is 5.92 Å². The molecule has 0 spiro atoms. The molecule has 1 aliphatic carbocycles. The van der Waals surface area contributed by atoms with Crippen molar-refractivity contribution in [1.82, 2.24) is 9.80 Å². The molecule has 0 atom stereocenters. The molecule has 0 aromatic heterocycles. The Bertz CT molecular complexity index is 791. The summed E-state index contributed by atoms with van der Waals surface area (Å²) in [5, 5.41) is 8.98. The molecule has 3 heteroatoms. The maximum atomic E-state index is 8.98. The summed E-state index contributed by atoms with van der Waals surface area (Å²) in [6, 6.07) is 20.3. The zero-order chi connectivity index (χ0) is 19.3. The number of rotatable bonds is 7. The molecule has 1 heterocycles. The van der Waals surface area contributed by atoms with Gasteiger partial charge in [-0.1, -0.05) is 36.4 Å². The summed E-state index contributed by atoms with van der Waals surface area (Å²) >= 11 is 0. The van der Waals surface area contributed by atoms with E-state index in [-0.39, 0.29) is 0 Å². The average Bonchev–Trinajstić information content (AvgIpc) is 3.57. The van der Waals surface area contributed by atoms with E-state index >= 15 is 0 Å². The highest BCUT2D eigenvalue weighted by atomic mass is 15.2. The fraction of sp³-hybridized carbons (Fsp3) is 0.480. The predicted molar refractivity (Wildman–Crippen MR) is 114 cm³/mol. The number of likely N-dealkylation sites (tertiary alicyclic amines) is 1. The molecule has 1 saturated carbocycles. The molecule has 1 aliphatic heterocycles. The van der Waals surface area contributed by atoms with Crippen molar-refractivity contribution < 1.29 is 0 Å². The Morgan fingerprint density at radius 2 is 1.39 bits per heavy atom. The van der Waals surface area contributed by atoms with Crippen molar-refractivity contribution in [3.05, 3.63) is 70.8 Å². The SMILES string of the molecule is CN1CCC(Cc2ccc(CN(Cc3ccc(C#N)cc3)C3CC3)cc2)CC1. The minimum absolute atomic E-state index is 0.717. The van der Waals surface area contributed by atoms with Gasteiger partial charge in [0.2, 0.25) is 0 Å². The molecule has 0 bridgehead atoms. The Labute approximate surface area is 169 Å². The first-order valence-corrected chi connectivity index (χ1v) is 10.7. The van der Waals surface area contributed by atoms with E-state index in [0.29, 0.717) is 0 Å². The largest absolute Gasteiger partial charge is 0.306 e. The molecule has 28 heavy (non-hydrogen) atoms. The van der Waals surface area contributed by atoms with Crippen LogP contribution in [0.1, 0.15) is 47.9 Å². The lowest BCUT2D eigenvalue weighted by atomic mass is 9.90. The first-order valence-electron chi connectivity index (χ1n) is 10.7. The molecular weight excluding hydrogens is 342 g/mol. The zero-order valence-electron chi connectivity index (χ0n) is 17.0. The standard InChI is InChI=1S/C25H31N3/c1-27-14-12-21(13-15-27)16-20-2-6-23(7-3-20)18-28(25-10-11-25)19-24-8-4-22(17-26)5-9-24/h2-9,21,25H,10-16,18-19H2,1H3. The Balaban J connectivity index is 1.34. The van der Waals surface area contributed by atoms with Crippen LogP contribution in [0.3, 0.4) is 0 Å². The molecule has 3 nitrogen and oxygen atoms in total. The van der Waals surface area contributed by atoms with Crippen molar-refractivity contribution in [3.63, 3.8) is 0 Å². The van der Waals surface area contributed by atoms with Crippen LogP contribution in [-0.2, 0) is 19.5 Å². The molecule has 0 N–H and O–H groups in total. The molecular formula is C25H31N3. The lowest BCUT2D eigenvalue weighted by Gasteiger charge is -2.29. The lowest BCUT2D eigenvalue weighted by Crippen LogP contribution is -2.30. The second kappa shape index (κ2) is 8.90. The van der Waals surface area contributed by atoms with Gasteiger partial charge in [0.1, 0.15) is 0 Å². The van der Waals surface area contributed by atoms with Gasteiger partial charge in [-0.25, -0.2) is 0 Å². The van der Waals surface area contributed by atoms with Crippen LogP contribution in [-0.4, -0.2) is 36.0 Å². The number of piperidine rings is 1. The highest BCUT2D eigenvalue weighted by Gasteiger charge is 2.29. The summed E-state index contributed by atoms with van der Waals surface area (Å²) in [5.74, 6) is 0.849. The van der Waals surface area contributed by atoms with Crippen molar-refractivity contribution in [3.8, 4) is 6.07 Å². The number of nitrogens with zero attached hydrogens (tertiary/aromatic N) is 3. The molecule has 2 fully saturated rings. The van der Waals surface area contributed by atoms with Gasteiger partial charge >= 0.3 is 0 Å². The highest BCUT2D eigenvalue weighted by molar-refractivity contribution is 5.31. The lowest BCUT2D eigenvalue weighted by molar-refractivity contribution is 0.219. The Hall–Kier alpha value is -2.15. The average molecular weight is 374 g/mol. The molecule has 0 unspecified atom stereocenters. The van der Waals surface area contributed by atoms with E-state index in [4.69, 9.17) is 5.26 Å². The van der Waals surface area contributed by atoms with Gasteiger partial charge in [0.15, 0.2) is 0 Å². The van der Waals surface area contributed by atoms with E-state index in [1.54, 1.807) is 0 Å². The van der Waals surface area contributed by atoms with Gasteiger partial charge in [-0.2, -0.15) is 5.26 Å². The summed E-state index contributed by atoms with van der Waals surface area (Å²) in [7, 11) is 2.23. The minimum atomic E-state index is 0.717. The van der Waals surface area contributed by atoms with E-state index in [1.165, 1.54) is 61.9 Å². The van der Waals surface area contributed by atoms with Crippen molar-refractivity contribution in [1.29, 1.82) is 5.26 Å². The maximum Gasteiger partial charge on any atom is 0.0991 e. The van der Waals surface area contributed by atoms with E-state index in [0.717, 1.165) is 30.6 Å². The van der Waals surface area contributed by atoms with Crippen LogP contribution in [0.25, 0.3) is 0 Å². The van der Waals surface area contributed by atoms with Gasteiger partial charge in [0, 0.05) is 19.1 Å². The van der Waals surface area contributed by atoms with Crippen LogP contribution < -0.4 is 0 Å². The van der Waals surface area contributed by atoms with Crippen LogP contribution in [0.2, 0.25) is 0 Å². The van der Waals surface area contributed by atoms with Crippen LogP contribution in [0.15, 0.2) is 48.5 Å². The van der Waals surface area contributed by atoms with Gasteiger partial charge in [0.25, 0.3) is 0 Å². The fourth-order valence-corrected chi connectivity index (χ4v) is 4.29. The van der Waals surface area contributed by atoms with Crippen LogP contribution in [0, 0.1) is 17.2 Å². The van der Waals surface area contributed by atoms with Gasteiger partial charge in [0.05, 0.1) is 11.6 Å². The third-order valence-corrected chi connectivity index (χ3v) is 6.30. The highest BCUT2D eigenvalue weighted by Crippen LogP contribution is 2.30. The summed E-state index contributed by atoms with van der Waals surface area (Å²) in [4.78, 5) is 5.04. The van der Waals surface area contributed by atoms with Gasteiger partial charge < -0.3 is 4.90 Å². The Morgan fingerprint density at radius 1 is 0.857 bits per heavy atom. The van der Waals surface area contributed by atoms with Crippen LogP contribution in [0.4, 0.5) is 0 Å². The molecule has 146 valence electrons. The van der Waals surface area contributed by atoms with Gasteiger partial charge in [-0.3, -0.25) is 4.90 Å². The molecule has 4 rings (SSSR count). The maximum absolute atomic E-state index is 8.98. The molecule has 2 aromatic carbocycles. The van der Waals surface area contributed by atoms with Crippen molar-refractivity contribution in [2.75, 3.05) is 20.1 Å². The monoisotopic (exact) mass is 373 g/mol. The van der Waals surface area contributed by atoms with Crippen LogP contribution in [0.5, 0.6) is 0 Å². The van der Waals surface area contributed by atoms with E-state index in [2.05, 4.69) is 59.3 Å². The summed E-state index contributed by atoms with van der Waals surface area (Å²) in [6.07, 6.45) is 6.51. The number of nitriles is 1. The third-order valence-electron chi connectivity index (χ3n) is 6.30. The normalized spacial score (nSPS) is 18.3. The molecule has 2 aromatic rings. The van der Waals surface area contributed by atoms with E-state index in [9.17, 15) is 0 Å². The Kier molecular flexibility index (Phi) is 6.10. The second-order valence-electron chi connectivity index (χ2n) is 8.71. The molecule has 2 aliphatic rings. The first kappa shape index (κ1) is 19.2. The second-order valence-corrected chi connectivity index (χ2v) is 8.71. The summed E-state index contributed by atoms with van der Waals surface area (Å²) in [6.45, 7) is 4.47. The predicted octanol–water partition coefficient (Wildman–Crippen LogP) is 4.61. The van der Waals surface area contributed by atoms with Crippen LogP contribution >= 0.6 is 0 Å². The van der Waals surface area contributed by atoms with E-state index in [1.807, 2.05) is 12.1 Å². The third kappa shape index (κ3) is 5.22. The van der Waals surface area contributed by atoms with Gasteiger partial charge in [-0.05, 0) is 87.0 Å². The first-order chi connectivity index (χ1) is 13.7. The van der Waals surface area contributed by atoms with Crippen molar-refractivity contribution in [2.45, 2.75) is 51.2 Å². The van der Waals surface area contributed by atoms with Crippen molar-refractivity contribution >= 4 is 0 Å². The summed E-state index contributed by atoms with van der Waals surface area (Å²) < 4.78 is 0. The van der Waals surface area contributed by atoms with Gasteiger partial charge in [-0.15, -0.1) is 0 Å². The quantitative estimate of drug-likeness (QED) is 0.710. The minimum Gasteiger partial charge on any atom is -0.306 e. The number of hydrogen-bond donors (Lipinski definition) is 0. The number of benzene rings is 2. The zero-order valence-corrected chi connectivity index (χ0v) is 17.0. The summed E-state index contributed by atoms with van der Waals surface area (Å²) in [5.41, 5.74) is 4.93. The molecule has 1 saturated heterocycles. The molecule has 0 radical (unpaired) electrons. The smallest absolute Gasteiger partial charge is 0.0991 e. The van der Waals surface area contributed by atoms with E-state index < -0.39 is 0 Å². The topological polar surface area (TPSA) is 30.3 Å². The Morgan fingerprint density at radius 3 is 1.93 bits per heavy atom. The molecule has 0 amide bonds. The fourth-order valence-electron chi connectivity index (χ4n) is 4.29.